The number of Topliss-reactive ketones (excluding diaryl/α,β-unsaturated/α-hetero) is 1. The molecule has 0 aliphatic carbocycles. The molecule has 2 heteroatoms. The topological polar surface area (TPSA) is 17.1 Å². The van der Waals surface area contributed by atoms with Crippen LogP contribution in [0, 0.1) is 6.92 Å². The van der Waals surface area contributed by atoms with Crippen LogP contribution in [0.3, 0.4) is 0 Å². The summed E-state index contributed by atoms with van der Waals surface area (Å²) in [5.41, 5.74) is 1.86. The molecule has 1 nitrogen and oxygen atoms in total. The molecule has 0 bridgehead atoms. The number of carbonyl (C=O) groups excluding carboxylic acids is 1. The maximum absolute atomic E-state index is 11.6. The Morgan fingerprint density at radius 3 is 2.80 bits per heavy atom. The molecule has 15 heavy (non-hydrogen) atoms. The molecule has 0 fully saturated rings. The lowest BCUT2D eigenvalue weighted by atomic mass is 10.0. The van der Waals surface area contributed by atoms with Crippen LogP contribution in [0.2, 0.25) is 0 Å². The minimum Gasteiger partial charge on any atom is -0.293 e. The maximum atomic E-state index is 11.6. The van der Waals surface area contributed by atoms with Gasteiger partial charge in [0.25, 0.3) is 0 Å². The third kappa shape index (κ3) is 1.88. The fourth-order valence-electron chi connectivity index (χ4n) is 1.70. The van der Waals surface area contributed by atoms with Crippen molar-refractivity contribution in [2.24, 2.45) is 0 Å². The molecule has 0 radical (unpaired) electrons. The summed E-state index contributed by atoms with van der Waals surface area (Å²) in [5.74, 6) is 0.0143. The first-order chi connectivity index (χ1) is 7.22. The van der Waals surface area contributed by atoms with Gasteiger partial charge in [0.15, 0.2) is 5.78 Å². The number of hydrogen-bond acceptors (Lipinski definition) is 1. The number of halogens is 1. The number of alkyl halides is 1. The summed E-state index contributed by atoms with van der Waals surface area (Å²) < 4.78 is 0. The van der Waals surface area contributed by atoms with Gasteiger partial charge in [-0.15, -0.1) is 11.6 Å². The molecule has 0 saturated carbocycles. The third-order valence-corrected chi connectivity index (χ3v) is 2.70. The highest BCUT2D eigenvalue weighted by atomic mass is 35.5. The van der Waals surface area contributed by atoms with Crippen LogP contribution in [0.15, 0.2) is 36.4 Å². The summed E-state index contributed by atoms with van der Waals surface area (Å²) in [7, 11) is 0. The van der Waals surface area contributed by atoms with E-state index in [9.17, 15) is 4.79 Å². The second-order valence-corrected chi connectivity index (χ2v) is 3.85. The minimum atomic E-state index is -0.0205. The molecular formula is C13H11ClO. The molecule has 0 aliphatic rings. The molecule has 2 aromatic rings. The number of rotatable bonds is 2. The molecular weight excluding hydrogens is 208 g/mol. The first-order valence-electron chi connectivity index (χ1n) is 4.81. The number of ketones is 1. The van der Waals surface area contributed by atoms with Crippen molar-refractivity contribution >= 4 is 28.2 Å². The van der Waals surface area contributed by atoms with Crippen molar-refractivity contribution in [2.75, 3.05) is 5.88 Å². The zero-order valence-corrected chi connectivity index (χ0v) is 9.21. The van der Waals surface area contributed by atoms with Crippen LogP contribution in [0.1, 0.15) is 15.9 Å². The van der Waals surface area contributed by atoms with Crippen LogP contribution < -0.4 is 0 Å². The first-order valence-corrected chi connectivity index (χ1v) is 5.34. The van der Waals surface area contributed by atoms with E-state index < -0.39 is 0 Å². The molecule has 0 aromatic heterocycles. The van der Waals surface area contributed by atoms with Gasteiger partial charge in [-0.3, -0.25) is 4.79 Å². The average Bonchev–Trinajstić information content (AvgIpc) is 2.27. The number of carbonyl (C=O) groups is 1. The van der Waals surface area contributed by atoms with Gasteiger partial charge in [-0.05, 0) is 17.7 Å². The molecule has 0 saturated heterocycles. The van der Waals surface area contributed by atoms with E-state index in [1.807, 2.05) is 43.3 Å². The predicted molar refractivity (Wildman–Crippen MR) is 63.7 cm³/mol. The van der Waals surface area contributed by atoms with Crippen molar-refractivity contribution in [3.63, 3.8) is 0 Å². The summed E-state index contributed by atoms with van der Waals surface area (Å²) in [6.07, 6.45) is 0. The zero-order valence-electron chi connectivity index (χ0n) is 8.46. The quantitative estimate of drug-likeness (QED) is 0.556. The van der Waals surface area contributed by atoms with Crippen molar-refractivity contribution in [1.29, 1.82) is 0 Å². The van der Waals surface area contributed by atoms with Crippen molar-refractivity contribution < 1.29 is 4.79 Å². The summed E-state index contributed by atoms with van der Waals surface area (Å²) in [4.78, 5) is 11.6. The minimum absolute atomic E-state index is 0.0205. The Bertz CT molecular complexity index is 517. The Labute approximate surface area is 93.7 Å². The third-order valence-electron chi connectivity index (χ3n) is 2.46. The normalized spacial score (nSPS) is 10.5. The Morgan fingerprint density at radius 1 is 1.27 bits per heavy atom. The van der Waals surface area contributed by atoms with E-state index in [1.54, 1.807) is 0 Å². The Kier molecular flexibility index (Phi) is 2.74. The molecule has 0 atom stereocenters. The van der Waals surface area contributed by atoms with Crippen molar-refractivity contribution in [3.05, 3.63) is 47.5 Å². The Morgan fingerprint density at radius 2 is 2.07 bits per heavy atom. The van der Waals surface area contributed by atoms with Gasteiger partial charge in [0, 0.05) is 5.56 Å². The van der Waals surface area contributed by atoms with Gasteiger partial charge >= 0.3 is 0 Å². The largest absolute Gasteiger partial charge is 0.293 e. The fraction of sp³-hybridized carbons (Fsp3) is 0.154. The Balaban J connectivity index is 2.74. The number of hydrogen-bond donors (Lipinski definition) is 0. The van der Waals surface area contributed by atoms with Crippen LogP contribution >= 0.6 is 11.6 Å². The van der Waals surface area contributed by atoms with Crippen LogP contribution in [0.4, 0.5) is 0 Å². The Hall–Kier alpha value is -1.34. The summed E-state index contributed by atoms with van der Waals surface area (Å²) in [6, 6.07) is 11.8. The van der Waals surface area contributed by atoms with Gasteiger partial charge in [0.2, 0.25) is 0 Å². The van der Waals surface area contributed by atoms with E-state index in [-0.39, 0.29) is 11.7 Å². The van der Waals surface area contributed by atoms with E-state index in [0.717, 1.165) is 16.3 Å². The molecule has 0 spiro atoms. The second-order valence-electron chi connectivity index (χ2n) is 3.59. The van der Waals surface area contributed by atoms with Crippen molar-refractivity contribution in [1.82, 2.24) is 0 Å². The van der Waals surface area contributed by atoms with Crippen LogP contribution in [0.25, 0.3) is 10.8 Å². The zero-order chi connectivity index (χ0) is 10.8. The molecule has 76 valence electrons. The smallest absolute Gasteiger partial charge is 0.178 e. The summed E-state index contributed by atoms with van der Waals surface area (Å²) in [6.45, 7) is 2.02. The maximum Gasteiger partial charge on any atom is 0.178 e. The van der Waals surface area contributed by atoms with Gasteiger partial charge in [0.1, 0.15) is 0 Å². The van der Waals surface area contributed by atoms with Gasteiger partial charge in [-0.1, -0.05) is 42.0 Å². The number of aryl methyl sites for hydroxylation is 1. The standard InChI is InChI=1S/C13H11ClO/c1-9-5-6-10-3-2-4-11(12(10)7-9)13(15)8-14/h2-7H,8H2,1H3. The molecule has 0 amide bonds. The highest BCUT2D eigenvalue weighted by Gasteiger charge is 2.08. The van der Waals surface area contributed by atoms with E-state index in [0.29, 0.717) is 5.56 Å². The SMILES string of the molecule is Cc1ccc2cccc(C(=O)CCl)c2c1. The number of benzene rings is 2. The molecule has 0 N–H and O–H groups in total. The molecule has 2 rings (SSSR count). The monoisotopic (exact) mass is 218 g/mol. The van der Waals surface area contributed by atoms with E-state index in [2.05, 4.69) is 0 Å². The fourth-order valence-corrected chi connectivity index (χ4v) is 1.85. The highest BCUT2D eigenvalue weighted by molar-refractivity contribution is 6.31. The van der Waals surface area contributed by atoms with Gasteiger partial charge in [-0.2, -0.15) is 0 Å². The van der Waals surface area contributed by atoms with Gasteiger partial charge in [0.05, 0.1) is 5.88 Å². The lowest BCUT2D eigenvalue weighted by Crippen LogP contribution is -2.00. The van der Waals surface area contributed by atoms with E-state index >= 15 is 0 Å². The number of fused-ring (bicyclic) bond motifs is 1. The van der Waals surface area contributed by atoms with Crippen LogP contribution in [-0.4, -0.2) is 11.7 Å². The van der Waals surface area contributed by atoms with Crippen molar-refractivity contribution in [3.8, 4) is 0 Å². The summed E-state index contributed by atoms with van der Waals surface area (Å²) in [5, 5.41) is 2.07. The molecule has 2 aromatic carbocycles. The van der Waals surface area contributed by atoms with Crippen LogP contribution in [-0.2, 0) is 0 Å². The average molecular weight is 219 g/mol. The first kappa shape index (κ1) is 10.2. The van der Waals surface area contributed by atoms with Gasteiger partial charge in [-0.25, -0.2) is 0 Å². The molecule has 0 unspecified atom stereocenters. The summed E-state index contributed by atoms with van der Waals surface area (Å²) >= 11 is 5.58. The lowest BCUT2D eigenvalue weighted by molar-refractivity contribution is 0.102. The van der Waals surface area contributed by atoms with E-state index in [4.69, 9.17) is 11.6 Å². The van der Waals surface area contributed by atoms with Gasteiger partial charge < -0.3 is 0 Å². The second kappa shape index (κ2) is 4.03. The molecule has 0 heterocycles. The van der Waals surface area contributed by atoms with Crippen LogP contribution in [0.5, 0.6) is 0 Å². The van der Waals surface area contributed by atoms with Crippen molar-refractivity contribution in [2.45, 2.75) is 6.92 Å². The molecule has 0 aliphatic heterocycles. The predicted octanol–water partition coefficient (Wildman–Crippen LogP) is 3.57. The lowest BCUT2D eigenvalue weighted by Gasteiger charge is -2.04. The van der Waals surface area contributed by atoms with E-state index in [1.165, 1.54) is 0 Å². The highest BCUT2D eigenvalue weighted by Crippen LogP contribution is 2.20.